The second kappa shape index (κ2) is 3.61. The molecule has 0 aliphatic carbocycles. The molecule has 0 radical (unpaired) electrons. The van der Waals surface area contributed by atoms with Crippen molar-refractivity contribution in [1.29, 1.82) is 0 Å². The summed E-state index contributed by atoms with van der Waals surface area (Å²) < 4.78 is 5.37. The molecule has 70 valence electrons. The lowest BCUT2D eigenvalue weighted by Gasteiger charge is -2.07. The van der Waals surface area contributed by atoms with Crippen LogP contribution in [-0.2, 0) is 14.3 Å². The molecule has 0 bridgehead atoms. The van der Waals surface area contributed by atoms with E-state index in [-0.39, 0.29) is 18.0 Å². The number of hydrogen-bond acceptors (Lipinski definition) is 5. The number of aliphatic hydroxyl groups is 1. The number of nitrogens with zero attached hydrogens (tertiary/aromatic N) is 1. The summed E-state index contributed by atoms with van der Waals surface area (Å²) >= 11 is 3.57. The molecule has 5 nitrogen and oxygen atoms in total. The van der Waals surface area contributed by atoms with Gasteiger partial charge in [0.15, 0.2) is 12.6 Å². The van der Waals surface area contributed by atoms with Gasteiger partial charge in [0.05, 0.1) is 7.11 Å². The lowest BCUT2D eigenvalue weighted by molar-refractivity contribution is -0.412. The Morgan fingerprint density at radius 3 is 2.62 bits per heavy atom. The summed E-state index contributed by atoms with van der Waals surface area (Å²) in [4.78, 5) is 21.9. The number of rotatable bonds is 2. The van der Waals surface area contributed by atoms with Crippen LogP contribution in [0.3, 0.4) is 0 Å². The first-order valence-corrected chi connectivity index (χ1v) is 3.88. The van der Waals surface area contributed by atoms with Crippen molar-refractivity contribution in [3.63, 3.8) is 0 Å². The van der Waals surface area contributed by atoms with Crippen LogP contribution in [0.25, 0.3) is 0 Å². The third kappa shape index (κ3) is 1.72. The van der Waals surface area contributed by atoms with E-state index >= 15 is 0 Å². The van der Waals surface area contributed by atoms with Crippen LogP contribution in [0.2, 0.25) is 0 Å². The van der Waals surface area contributed by atoms with Gasteiger partial charge in [-0.15, -0.1) is 4.58 Å². The minimum absolute atomic E-state index is 0.248. The Labute approximate surface area is 79.7 Å². The molecule has 1 N–H and O–H groups in total. The maximum atomic E-state index is 11.0. The number of carbonyl (C=O) groups is 2. The molecule has 13 heavy (non-hydrogen) atoms. The van der Waals surface area contributed by atoms with Crippen LogP contribution in [0.1, 0.15) is 6.42 Å². The molecule has 0 atom stereocenters. The Morgan fingerprint density at radius 1 is 1.77 bits per heavy atom. The van der Waals surface area contributed by atoms with E-state index in [1.807, 2.05) is 0 Å². The van der Waals surface area contributed by atoms with Crippen molar-refractivity contribution in [3.8, 4) is 0 Å². The number of amides is 1. The predicted octanol–water partition coefficient (Wildman–Crippen LogP) is -0.170. The van der Waals surface area contributed by atoms with Crippen molar-refractivity contribution in [2.75, 3.05) is 7.11 Å². The monoisotopic (exact) mass is 202 g/mol. The van der Waals surface area contributed by atoms with E-state index in [1.165, 1.54) is 6.21 Å². The van der Waals surface area contributed by atoms with Gasteiger partial charge in [-0.2, -0.15) is 0 Å². The lowest BCUT2D eigenvalue weighted by atomic mass is 10.2. The molecule has 0 aromatic carbocycles. The first kappa shape index (κ1) is 9.79. The van der Waals surface area contributed by atoms with Crippen molar-refractivity contribution in [2.24, 2.45) is 0 Å². The Morgan fingerprint density at radius 2 is 2.38 bits per heavy atom. The topological polar surface area (TPSA) is 66.6 Å². The third-order valence-corrected chi connectivity index (χ3v) is 1.76. The van der Waals surface area contributed by atoms with Gasteiger partial charge in [-0.25, -0.2) is 9.59 Å². The average Bonchev–Trinajstić information content (AvgIpc) is 2.09. The maximum absolute atomic E-state index is 11.0. The average molecular weight is 202 g/mol. The standard InChI is InChI=1S/C7H7NO4S/c1-12-6(10)5(7(11)13)8-3-2-4(8)9/h3H,2H2,1H3,(H-,10,11,13)/p+1. The molecule has 0 saturated carbocycles. The quantitative estimate of drug-likeness (QED) is 0.214. The molecule has 1 amide bonds. The van der Waals surface area contributed by atoms with Crippen LogP contribution in [0.4, 0.5) is 0 Å². The number of thiol groups is 1. The van der Waals surface area contributed by atoms with Crippen LogP contribution in [0.15, 0.2) is 10.8 Å². The molecular weight excluding hydrogens is 194 g/mol. The zero-order valence-electron chi connectivity index (χ0n) is 6.85. The highest BCUT2D eigenvalue weighted by atomic mass is 32.1. The molecule has 1 aliphatic heterocycles. The highest BCUT2D eigenvalue weighted by Gasteiger charge is 2.38. The fourth-order valence-corrected chi connectivity index (χ4v) is 1.07. The number of ether oxygens (including phenoxy) is 1. The van der Waals surface area contributed by atoms with E-state index in [4.69, 9.17) is 5.11 Å². The van der Waals surface area contributed by atoms with Crippen molar-refractivity contribution >= 4 is 30.7 Å². The van der Waals surface area contributed by atoms with Crippen molar-refractivity contribution in [2.45, 2.75) is 6.42 Å². The van der Waals surface area contributed by atoms with Crippen molar-refractivity contribution < 1.29 is 24.0 Å². The molecular formula is C7H8NO4S+. The number of esters is 1. The molecule has 1 rings (SSSR count). The van der Waals surface area contributed by atoms with Gasteiger partial charge in [0.25, 0.3) is 0 Å². The second-order valence-electron chi connectivity index (χ2n) is 2.31. The van der Waals surface area contributed by atoms with E-state index in [0.717, 1.165) is 11.7 Å². The maximum Gasteiger partial charge on any atom is 0.408 e. The molecule has 0 fully saturated rings. The van der Waals surface area contributed by atoms with Crippen LogP contribution in [-0.4, -0.2) is 34.9 Å². The molecule has 1 aliphatic rings. The molecule has 0 aromatic heterocycles. The fraction of sp³-hybridized carbons (Fsp3) is 0.286. The van der Waals surface area contributed by atoms with E-state index in [0.29, 0.717) is 0 Å². The van der Waals surface area contributed by atoms with Gasteiger partial charge in [0.2, 0.25) is 5.09 Å². The molecule has 6 heteroatoms. The fourth-order valence-electron chi connectivity index (χ4n) is 0.867. The van der Waals surface area contributed by atoms with Gasteiger partial charge in [-0.3, -0.25) is 0 Å². The number of aliphatic hydroxyl groups excluding tert-OH is 1. The Kier molecular flexibility index (Phi) is 2.72. The molecule has 0 aromatic rings. The highest BCUT2D eigenvalue weighted by molar-refractivity contribution is 7.84. The van der Waals surface area contributed by atoms with E-state index in [2.05, 4.69) is 17.4 Å². The summed E-state index contributed by atoms with van der Waals surface area (Å²) in [5.41, 5.74) is -0.248. The van der Waals surface area contributed by atoms with Crippen LogP contribution in [0, 0.1) is 0 Å². The Hall–Kier alpha value is -1.30. The molecule has 0 saturated heterocycles. The summed E-state index contributed by atoms with van der Waals surface area (Å²) in [6, 6.07) is 0. The van der Waals surface area contributed by atoms with Gasteiger partial charge in [-0.05, 0) is 0 Å². The van der Waals surface area contributed by atoms with E-state index in [9.17, 15) is 9.59 Å². The number of carbonyl (C=O) groups excluding carboxylic acids is 2. The van der Waals surface area contributed by atoms with Gasteiger partial charge >= 0.3 is 17.6 Å². The minimum atomic E-state index is -0.795. The third-order valence-electron chi connectivity index (χ3n) is 1.55. The molecule has 1 heterocycles. The Balaban J connectivity index is 3.02. The van der Waals surface area contributed by atoms with Crippen LogP contribution < -0.4 is 0 Å². The summed E-state index contributed by atoms with van der Waals surface area (Å²) in [6.07, 6.45) is 1.71. The zero-order chi connectivity index (χ0) is 10.0. The molecule has 0 spiro atoms. The normalized spacial score (nSPS) is 17.1. The van der Waals surface area contributed by atoms with Gasteiger partial charge in [-0.1, -0.05) is 12.6 Å². The number of hydrogen-bond donors (Lipinski definition) is 2. The highest BCUT2D eigenvalue weighted by Crippen LogP contribution is 2.13. The molecule has 0 unspecified atom stereocenters. The SMILES string of the molecule is COC(=O)/C(=C(/O)S)[N+]1=CCC1=O. The largest absolute Gasteiger partial charge is 0.497 e. The van der Waals surface area contributed by atoms with E-state index in [1.54, 1.807) is 0 Å². The summed E-state index contributed by atoms with van der Waals surface area (Å²) in [5, 5.41) is 8.46. The van der Waals surface area contributed by atoms with E-state index < -0.39 is 11.1 Å². The summed E-state index contributed by atoms with van der Waals surface area (Å²) in [5.74, 6) is -1.07. The lowest BCUT2D eigenvalue weighted by Crippen LogP contribution is -2.35. The van der Waals surface area contributed by atoms with Crippen LogP contribution in [0.5, 0.6) is 0 Å². The van der Waals surface area contributed by atoms with Gasteiger partial charge < -0.3 is 9.84 Å². The Bertz CT molecular complexity index is 327. The zero-order valence-corrected chi connectivity index (χ0v) is 7.75. The van der Waals surface area contributed by atoms with Crippen molar-refractivity contribution in [1.82, 2.24) is 0 Å². The first-order chi connectivity index (χ1) is 6.07. The summed E-state index contributed by atoms with van der Waals surface area (Å²) in [6.45, 7) is 0. The smallest absolute Gasteiger partial charge is 0.408 e. The predicted molar refractivity (Wildman–Crippen MR) is 46.6 cm³/mol. The van der Waals surface area contributed by atoms with Crippen molar-refractivity contribution in [3.05, 3.63) is 10.8 Å². The number of methoxy groups -OCH3 is 1. The van der Waals surface area contributed by atoms with Gasteiger partial charge in [0, 0.05) is 0 Å². The van der Waals surface area contributed by atoms with Gasteiger partial charge in [0.1, 0.15) is 0 Å². The van der Waals surface area contributed by atoms with Crippen LogP contribution >= 0.6 is 12.6 Å². The minimum Gasteiger partial charge on any atom is -0.497 e. The second-order valence-corrected chi connectivity index (χ2v) is 2.74. The summed E-state index contributed by atoms with van der Waals surface area (Å²) in [7, 11) is 1.16. The first-order valence-electron chi connectivity index (χ1n) is 3.44.